The first-order valence-electron chi connectivity index (χ1n) is 6.63. The molecule has 0 aliphatic rings. The highest BCUT2D eigenvalue weighted by Gasteiger charge is 2.25. The summed E-state index contributed by atoms with van der Waals surface area (Å²) in [6, 6.07) is 11.4. The molecule has 0 radical (unpaired) electrons. The van der Waals surface area contributed by atoms with Gasteiger partial charge in [-0.1, -0.05) is 29.3 Å². The zero-order chi connectivity index (χ0) is 17.0. The van der Waals surface area contributed by atoms with Crippen molar-refractivity contribution >= 4 is 50.7 Å². The van der Waals surface area contributed by atoms with E-state index >= 15 is 0 Å². The molecule has 0 N–H and O–H groups in total. The minimum absolute atomic E-state index is 0.0900. The molecule has 0 aliphatic heterocycles. The molecular weight excluding hydrogens is 373 g/mol. The van der Waals surface area contributed by atoms with Crippen molar-refractivity contribution in [2.24, 2.45) is 0 Å². The topological polar surface area (TPSA) is 37.4 Å². The maximum absolute atomic E-state index is 13.0. The van der Waals surface area contributed by atoms with E-state index in [1.54, 1.807) is 48.2 Å². The van der Waals surface area contributed by atoms with E-state index in [4.69, 9.17) is 23.2 Å². The number of halogens is 2. The van der Waals surface area contributed by atoms with Crippen molar-refractivity contribution in [3.05, 3.63) is 65.2 Å². The Labute approximate surface area is 151 Å². The smallest absolute Gasteiger partial charge is 0.261 e. The Kier molecular flexibility index (Phi) is 6.03. The molecule has 7 heteroatoms. The second-order valence-electron chi connectivity index (χ2n) is 4.60. The van der Waals surface area contributed by atoms with E-state index in [9.17, 15) is 8.42 Å². The van der Waals surface area contributed by atoms with Gasteiger partial charge in [-0.3, -0.25) is 4.31 Å². The molecule has 0 saturated carbocycles. The minimum atomic E-state index is -3.77. The Morgan fingerprint density at radius 1 is 1.17 bits per heavy atom. The molecule has 2 rings (SSSR count). The van der Waals surface area contributed by atoms with E-state index in [0.29, 0.717) is 15.7 Å². The number of thioether (sulfide) groups is 1. The average Bonchev–Trinajstić information content (AvgIpc) is 2.55. The third-order valence-electron chi connectivity index (χ3n) is 3.12. The first-order chi connectivity index (χ1) is 10.9. The lowest BCUT2D eigenvalue weighted by atomic mass is 10.3. The Hall–Kier alpha value is -1.14. The summed E-state index contributed by atoms with van der Waals surface area (Å²) in [5.41, 5.74) is 0.327. The highest BCUT2D eigenvalue weighted by molar-refractivity contribution is 7.98. The monoisotopic (exact) mass is 387 g/mol. The van der Waals surface area contributed by atoms with Crippen molar-refractivity contribution in [1.29, 1.82) is 0 Å². The van der Waals surface area contributed by atoms with Crippen LogP contribution < -0.4 is 4.31 Å². The van der Waals surface area contributed by atoms with Gasteiger partial charge in [0, 0.05) is 9.92 Å². The predicted molar refractivity (Wildman–Crippen MR) is 99.4 cm³/mol. The van der Waals surface area contributed by atoms with Crippen LogP contribution in [0.5, 0.6) is 0 Å². The number of anilines is 1. The average molecular weight is 388 g/mol. The second kappa shape index (κ2) is 7.62. The van der Waals surface area contributed by atoms with Crippen LogP contribution in [0.4, 0.5) is 5.69 Å². The van der Waals surface area contributed by atoms with Crippen LogP contribution in [0.3, 0.4) is 0 Å². The van der Waals surface area contributed by atoms with Crippen LogP contribution in [0, 0.1) is 0 Å². The van der Waals surface area contributed by atoms with Crippen LogP contribution in [0.2, 0.25) is 10.0 Å². The van der Waals surface area contributed by atoms with Crippen LogP contribution in [-0.4, -0.2) is 21.2 Å². The molecule has 0 unspecified atom stereocenters. The zero-order valence-corrected chi connectivity index (χ0v) is 15.5. The molecular formula is C16H15Cl2NO2S2. The second-order valence-corrected chi connectivity index (χ2v) is 8.18. The molecule has 0 heterocycles. The summed E-state index contributed by atoms with van der Waals surface area (Å²) >= 11 is 13.7. The van der Waals surface area contributed by atoms with Crippen molar-refractivity contribution in [3.8, 4) is 0 Å². The molecule has 0 aliphatic carbocycles. The Balaban J connectivity index is 2.54. The van der Waals surface area contributed by atoms with E-state index < -0.39 is 10.0 Å². The molecule has 0 amide bonds. The lowest BCUT2D eigenvalue weighted by molar-refractivity contribution is 0.593. The summed E-state index contributed by atoms with van der Waals surface area (Å²) in [6.07, 6.45) is 3.43. The van der Waals surface area contributed by atoms with E-state index in [2.05, 4.69) is 6.58 Å². The lowest BCUT2D eigenvalue weighted by Crippen LogP contribution is -2.31. The zero-order valence-electron chi connectivity index (χ0n) is 12.4. The molecule has 2 aromatic rings. The van der Waals surface area contributed by atoms with Gasteiger partial charge in [0.25, 0.3) is 10.0 Å². The number of nitrogens with zero attached hydrogens (tertiary/aromatic N) is 1. The van der Waals surface area contributed by atoms with Gasteiger partial charge < -0.3 is 0 Å². The molecule has 0 fully saturated rings. The third-order valence-corrected chi connectivity index (χ3v) is 6.21. The Morgan fingerprint density at radius 3 is 2.39 bits per heavy atom. The summed E-state index contributed by atoms with van der Waals surface area (Å²) in [5, 5.41) is 0.715. The molecule has 122 valence electrons. The van der Waals surface area contributed by atoms with Crippen molar-refractivity contribution in [2.45, 2.75) is 9.79 Å². The molecule has 0 atom stereocenters. The fourth-order valence-corrected chi connectivity index (χ4v) is 4.29. The third kappa shape index (κ3) is 4.04. The van der Waals surface area contributed by atoms with Crippen molar-refractivity contribution in [2.75, 3.05) is 17.1 Å². The molecule has 23 heavy (non-hydrogen) atoms. The normalized spacial score (nSPS) is 11.3. The van der Waals surface area contributed by atoms with Gasteiger partial charge in [-0.15, -0.1) is 18.3 Å². The van der Waals surface area contributed by atoms with Gasteiger partial charge in [-0.2, -0.15) is 0 Å². The van der Waals surface area contributed by atoms with Crippen LogP contribution >= 0.6 is 35.0 Å². The van der Waals surface area contributed by atoms with Crippen LogP contribution in [-0.2, 0) is 10.0 Å². The first-order valence-corrected chi connectivity index (χ1v) is 10.0. The molecule has 2 aromatic carbocycles. The highest BCUT2D eigenvalue weighted by Crippen LogP contribution is 2.33. The minimum Gasteiger partial charge on any atom is -0.261 e. The fourth-order valence-electron chi connectivity index (χ4n) is 2.00. The van der Waals surface area contributed by atoms with E-state index in [1.165, 1.54) is 16.4 Å². The molecule has 0 saturated heterocycles. The van der Waals surface area contributed by atoms with Gasteiger partial charge in [-0.25, -0.2) is 8.42 Å². The van der Waals surface area contributed by atoms with E-state index in [1.807, 2.05) is 6.26 Å². The molecule has 0 bridgehead atoms. The number of hydrogen-bond acceptors (Lipinski definition) is 3. The van der Waals surface area contributed by atoms with Crippen molar-refractivity contribution < 1.29 is 8.42 Å². The lowest BCUT2D eigenvalue weighted by Gasteiger charge is -2.24. The largest absolute Gasteiger partial charge is 0.264 e. The van der Waals surface area contributed by atoms with Gasteiger partial charge in [-0.05, 0) is 48.7 Å². The summed E-state index contributed by atoms with van der Waals surface area (Å²) in [5.74, 6) is 0. The Morgan fingerprint density at radius 2 is 1.83 bits per heavy atom. The Bertz CT molecular complexity index is 805. The summed E-state index contributed by atoms with van der Waals surface area (Å²) in [7, 11) is -3.77. The summed E-state index contributed by atoms with van der Waals surface area (Å²) < 4.78 is 27.1. The highest BCUT2D eigenvalue weighted by atomic mass is 35.5. The van der Waals surface area contributed by atoms with Gasteiger partial charge in [0.2, 0.25) is 0 Å². The SMILES string of the molecule is C=CCN(c1cc(Cl)ccc1Cl)S(=O)(=O)c1ccc(SC)cc1. The maximum Gasteiger partial charge on any atom is 0.264 e. The van der Waals surface area contributed by atoms with Crippen molar-refractivity contribution in [3.63, 3.8) is 0 Å². The van der Waals surface area contributed by atoms with E-state index in [-0.39, 0.29) is 11.4 Å². The fraction of sp³-hybridized carbons (Fsp3) is 0.125. The van der Waals surface area contributed by atoms with Crippen LogP contribution in [0.25, 0.3) is 0 Å². The number of benzene rings is 2. The standard InChI is InChI=1S/C16H15Cl2NO2S2/c1-3-10-19(16-11-12(17)4-9-15(16)18)23(20,21)14-7-5-13(22-2)6-8-14/h3-9,11H,1,10H2,2H3. The number of sulfonamides is 1. The van der Waals surface area contributed by atoms with Gasteiger partial charge in [0.05, 0.1) is 22.2 Å². The maximum atomic E-state index is 13.0. The number of rotatable bonds is 6. The van der Waals surface area contributed by atoms with Crippen LogP contribution in [0.15, 0.2) is 64.9 Å². The van der Waals surface area contributed by atoms with Gasteiger partial charge >= 0.3 is 0 Å². The molecule has 0 spiro atoms. The molecule has 0 aromatic heterocycles. The summed E-state index contributed by atoms with van der Waals surface area (Å²) in [4.78, 5) is 1.17. The van der Waals surface area contributed by atoms with Gasteiger partial charge in [0.1, 0.15) is 0 Å². The molecule has 3 nitrogen and oxygen atoms in total. The van der Waals surface area contributed by atoms with Gasteiger partial charge in [0.15, 0.2) is 0 Å². The quantitative estimate of drug-likeness (QED) is 0.511. The van der Waals surface area contributed by atoms with E-state index in [0.717, 1.165) is 4.90 Å². The summed E-state index contributed by atoms with van der Waals surface area (Å²) in [6.45, 7) is 3.72. The predicted octanol–water partition coefficient (Wildman–Crippen LogP) is 5.10. The van der Waals surface area contributed by atoms with Crippen molar-refractivity contribution in [1.82, 2.24) is 0 Å². The number of hydrogen-bond donors (Lipinski definition) is 0. The first kappa shape index (κ1) is 18.2. The van der Waals surface area contributed by atoms with Crippen LogP contribution in [0.1, 0.15) is 0 Å².